The lowest BCUT2D eigenvalue weighted by molar-refractivity contribution is -0.218. The van der Waals surface area contributed by atoms with Crippen LogP contribution in [0.1, 0.15) is 55.4 Å². The van der Waals surface area contributed by atoms with E-state index in [0.717, 1.165) is 16.7 Å². The average molecular weight is 772 g/mol. The Balaban J connectivity index is 0.987. The second-order valence-corrected chi connectivity index (χ2v) is 16.6. The van der Waals surface area contributed by atoms with Crippen LogP contribution in [0.15, 0.2) is 54.6 Å². The van der Waals surface area contributed by atoms with E-state index in [1.54, 1.807) is 37.0 Å². The second kappa shape index (κ2) is 13.8. The first kappa shape index (κ1) is 36.9. The van der Waals surface area contributed by atoms with E-state index in [-0.39, 0.29) is 44.5 Å². The maximum atomic E-state index is 15.2. The number of esters is 3. The lowest BCUT2D eigenvalue weighted by Crippen LogP contribution is -2.70. The Hall–Kier alpha value is -4.67. The number of hydrogen-bond donors (Lipinski definition) is 2. The van der Waals surface area contributed by atoms with Gasteiger partial charge in [0, 0.05) is 43.8 Å². The summed E-state index contributed by atoms with van der Waals surface area (Å²) in [6, 6.07) is 13.4. The number of hydrogen-bond acceptors (Lipinski definition) is 13. The first-order chi connectivity index (χ1) is 26.9. The van der Waals surface area contributed by atoms with Crippen LogP contribution in [0.3, 0.4) is 0 Å². The molecule has 6 fully saturated rings. The lowest BCUT2D eigenvalue weighted by atomic mass is 9.62. The zero-order valence-electron chi connectivity index (χ0n) is 31.2. The Labute approximate surface area is 323 Å². The van der Waals surface area contributed by atoms with Crippen molar-refractivity contribution in [3.63, 3.8) is 0 Å². The molecule has 56 heavy (non-hydrogen) atoms. The number of rotatable bonds is 9. The maximum absolute atomic E-state index is 15.2. The summed E-state index contributed by atoms with van der Waals surface area (Å²) < 4.78 is 30.2. The number of hydroxylamine groups is 2. The molecule has 0 radical (unpaired) electrons. The number of amides is 2. The van der Waals surface area contributed by atoms with E-state index in [1.807, 2.05) is 36.4 Å². The highest BCUT2D eigenvalue weighted by Gasteiger charge is 2.77. The van der Waals surface area contributed by atoms with Crippen LogP contribution in [0, 0.1) is 10.8 Å². The van der Waals surface area contributed by atoms with Crippen LogP contribution in [-0.4, -0.2) is 119 Å². The van der Waals surface area contributed by atoms with Crippen LogP contribution in [-0.2, 0) is 71.9 Å². The highest BCUT2D eigenvalue weighted by Crippen LogP contribution is 2.59. The standard InChI is InChI=1S/C41H45N3O12/c1-39(2)22-51-37(49)34(39)53-29(46)14-13-23-9-11-24(12-10-23)21-44-32-36(48)52-28-20-41(32,38(50)43-16-5-8-27(43)35(47)42-15-17-45)33(56-44)31-30(28)54-40(55-31)18-25-6-3-4-7-26(25)19-40/h3-4,6-7,9-14,27-28,30-34,45H,5,8,15-22H2,1-2H3,(H,42,47). The Morgan fingerprint density at radius 2 is 1.73 bits per heavy atom. The molecular weight excluding hydrogens is 726 g/mol. The predicted octanol–water partition coefficient (Wildman–Crippen LogP) is 1.37. The van der Waals surface area contributed by atoms with E-state index < -0.39 is 77.1 Å². The summed E-state index contributed by atoms with van der Waals surface area (Å²) in [4.78, 5) is 75.6. The number of aliphatic hydroxyl groups excluding tert-OH is 1. The zero-order chi connectivity index (χ0) is 39.0. The largest absolute Gasteiger partial charge is 0.462 e. The van der Waals surface area contributed by atoms with E-state index in [2.05, 4.69) is 5.32 Å². The minimum absolute atomic E-state index is 0.0619. The van der Waals surface area contributed by atoms with Crippen LogP contribution in [0.4, 0.5) is 0 Å². The van der Waals surface area contributed by atoms with Crippen LogP contribution in [0.2, 0.25) is 0 Å². The van der Waals surface area contributed by atoms with Gasteiger partial charge in [0.15, 0.2) is 11.8 Å². The lowest BCUT2D eigenvalue weighted by Gasteiger charge is -2.50. The van der Waals surface area contributed by atoms with Gasteiger partial charge in [-0.3, -0.25) is 19.2 Å². The van der Waals surface area contributed by atoms with Gasteiger partial charge in [-0.25, -0.2) is 9.59 Å². The second-order valence-electron chi connectivity index (χ2n) is 16.6. The van der Waals surface area contributed by atoms with E-state index in [1.165, 1.54) is 11.1 Å². The molecule has 2 N–H and O–H groups in total. The third-order valence-electron chi connectivity index (χ3n) is 12.4. The molecule has 2 aromatic carbocycles. The van der Waals surface area contributed by atoms with Gasteiger partial charge in [0.2, 0.25) is 17.9 Å². The molecule has 9 rings (SSSR count). The van der Waals surface area contributed by atoms with Crippen molar-refractivity contribution in [1.82, 2.24) is 15.3 Å². The van der Waals surface area contributed by atoms with Crippen molar-refractivity contribution >= 4 is 35.8 Å². The topological polar surface area (TPSA) is 179 Å². The molecule has 15 heteroatoms. The summed E-state index contributed by atoms with van der Waals surface area (Å²) >= 11 is 0. The molecule has 2 aliphatic carbocycles. The monoisotopic (exact) mass is 771 g/mol. The van der Waals surface area contributed by atoms with Crippen molar-refractivity contribution < 1.29 is 57.6 Å². The first-order valence-electron chi connectivity index (χ1n) is 19.3. The van der Waals surface area contributed by atoms with Gasteiger partial charge in [-0.05, 0) is 41.2 Å². The predicted molar refractivity (Wildman–Crippen MR) is 192 cm³/mol. The van der Waals surface area contributed by atoms with Crippen molar-refractivity contribution in [1.29, 1.82) is 0 Å². The Morgan fingerprint density at radius 3 is 2.43 bits per heavy atom. The molecule has 2 amide bonds. The van der Waals surface area contributed by atoms with Gasteiger partial charge in [0.25, 0.3) is 0 Å². The van der Waals surface area contributed by atoms with Gasteiger partial charge in [-0.15, -0.1) is 0 Å². The van der Waals surface area contributed by atoms with E-state index in [4.69, 9.17) is 28.5 Å². The van der Waals surface area contributed by atoms with Crippen molar-refractivity contribution in [2.75, 3.05) is 26.3 Å². The summed E-state index contributed by atoms with van der Waals surface area (Å²) in [5.74, 6) is -3.58. The normalized spacial score (nSPS) is 33.3. The molecule has 1 spiro atoms. The smallest absolute Gasteiger partial charge is 0.348 e. The third-order valence-corrected chi connectivity index (χ3v) is 12.4. The van der Waals surface area contributed by atoms with E-state index in [0.29, 0.717) is 37.8 Å². The van der Waals surface area contributed by atoms with Gasteiger partial charge in [0.1, 0.15) is 42.5 Å². The molecule has 7 aliphatic rings. The van der Waals surface area contributed by atoms with Crippen LogP contribution in [0.5, 0.6) is 0 Å². The summed E-state index contributed by atoms with van der Waals surface area (Å²) in [7, 11) is 0. The SMILES string of the molecule is CC1(C)COC(=O)C1OC(=O)C=Cc1ccc(CN2OC3C4OC5(Cc6ccccc6C5)OC4C4CC3(C(=O)N3CCCC3C(=O)NCCO)C2C(=O)O4)cc1. The highest BCUT2D eigenvalue weighted by atomic mass is 16.8. The van der Waals surface area contributed by atoms with Crippen molar-refractivity contribution in [3.05, 3.63) is 76.9 Å². The summed E-state index contributed by atoms with van der Waals surface area (Å²) in [6.45, 7) is 4.02. The van der Waals surface area contributed by atoms with E-state index in [9.17, 15) is 24.3 Å². The number of nitrogens with one attached hydrogen (secondary N) is 1. The molecule has 2 bridgehead atoms. The fraction of sp³-hybridized carbons (Fsp3) is 0.537. The Kier molecular flexibility index (Phi) is 9.08. The van der Waals surface area contributed by atoms with Crippen molar-refractivity contribution in [2.24, 2.45) is 10.8 Å². The molecule has 1 saturated carbocycles. The molecule has 0 aromatic heterocycles. The first-order valence-corrected chi connectivity index (χ1v) is 19.3. The van der Waals surface area contributed by atoms with Crippen LogP contribution >= 0.6 is 0 Å². The Bertz CT molecular complexity index is 1960. The van der Waals surface area contributed by atoms with Gasteiger partial charge < -0.3 is 39.0 Å². The number of ether oxygens (including phenoxy) is 5. The van der Waals surface area contributed by atoms with Gasteiger partial charge in [-0.2, -0.15) is 5.06 Å². The number of fused-ring (bicyclic) bond motifs is 5. The van der Waals surface area contributed by atoms with Crippen molar-refractivity contribution in [2.45, 2.75) is 101 Å². The number of cyclic esters (lactones) is 1. The number of benzene rings is 2. The molecule has 5 saturated heterocycles. The fourth-order valence-corrected chi connectivity index (χ4v) is 9.76. The number of carbonyl (C=O) groups is 5. The summed E-state index contributed by atoms with van der Waals surface area (Å²) in [5, 5.41) is 13.6. The maximum Gasteiger partial charge on any atom is 0.348 e. The average Bonchev–Trinajstić information content (AvgIpc) is 4.00. The van der Waals surface area contributed by atoms with Crippen molar-refractivity contribution in [3.8, 4) is 0 Å². The number of carbonyl (C=O) groups excluding carboxylic acids is 5. The summed E-state index contributed by atoms with van der Waals surface area (Å²) in [5.41, 5.74) is 1.58. The molecule has 2 aromatic rings. The number of nitrogens with zero attached hydrogens (tertiary/aromatic N) is 2. The summed E-state index contributed by atoms with van der Waals surface area (Å²) in [6.07, 6.45) is 0.898. The molecule has 5 aliphatic heterocycles. The van der Waals surface area contributed by atoms with Crippen LogP contribution in [0.25, 0.3) is 6.08 Å². The van der Waals surface area contributed by atoms with E-state index >= 15 is 4.79 Å². The minimum Gasteiger partial charge on any atom is -0.462 e. The third kappa shape index (κ3) is 6.02. The fourth-order valence-electron chi connectivity index (χ4n) is 9.76. The quantitative estimate of drug-likeness (QED) is 0.212. The minimum atomic E-state index is -1.44. The highest BCUT2D eigenvalue weighted by molar-refractivity contribution is 5.96. The van der Waals surface area contributed by atoms with Gasteiger partial charge >= 0.3 is 17.9 Å². The van der Waals surface area contributed by atoms with Gasteiger partial charge in [0.05, 0.1) is 13.2 Å². The molecule has 296 valence electrons. The Morgan fingerprint density at radius 1 is 1.00 bits per heavy atom. The van der Waals surface area contributed by atoms with Gasteiger partial charge in [-0.1, -0.05) is 62.4 Å². The number of aliphatic hydroxyl groups is 1. The van der Waals surface area contributed by atoms with Crippen LogP contribution < -0.4 is 5.32 Å². The molecule has 8 atom stereocenters. The molecule has 8 unspecified atom stereocenters. The molecule has 5 heterocycles. The molecular formula is C41H45N3O12. The molecule has 15 nitrogen and oxygen atoms in total. The zero-order valence-corrected chi connectivity index (χ0v) is 31.2. The number of likely N-dealkylation sites (tertiary alicyclic amines) is 1.